The fraction of sp³-hybridized carbons (Fsp3) is 1.00. The van der Waals surface area contributed by atoms with Gasteiger partial charge >= 0.3 is 0 Å². The molecule has 0 bridgehead atoms. The average molecular weight is 118 g/mol. The second-order valence-electron chi connectivity index (χ2n) is 2.31. The summed E-state index contributed by atoms with van der Waals surface area (Å²) in [7, 11) is 0. The molecule has 0 aromatic carbocycles. The number of nitrogens with one attached hydrogen (secondary N) is 1. The van der Waals surface area contributed by atoms with Crippen molar-refractivity contribution in [3.8, 4) is 0 Å². The molecule has 0 spiro atoms. The van der Waals surface area contributed by atoms with Gasteiger partial charge in [0, 0.05) is 10.7 Å². The lowest BCUT2D eigenvalue weighted by molar-refractivity contribution is 0.0351. The van der Waals surface area contributed by atoms with Gasteiger partial charge in [0.25, 0.3) is 0 Å². The molecular formula is C6H13NO. The van der Waals surface area contributed by atoms with Crippen molar-refractivity contribution in [2.75, 3.05) is 13.1 Å². The van der Waals surface area contributed by atoms with Gasteiger partial charge in [-0.15, -0.1) is 0 Å². The molecular weight excluding hydrogens is 102 g/mol. The van der Waals surface area contributed by atoms with Crippen LogP contribution in [0.3, 0.4) is 0 Å². The molecule has 2 nitrogen and oxygen atoms in total. The third-order valence-corrected chi connectivity index (χ3v) is 1.36. The summed E-state index contributed by atoms with van der Waals surface area (Å²) in [5.41, 5.74) is -1.49. The lowest BCUT2D eigenvalue weighted by Crippen LogP contribution is -2.42. The van der Waals surface area contributed by atoms with E-state index in [1.807, 2.05) is 0 Å². The standard InChI is InChI=1S/C6H13NO/c1-6(8)3-2-4-7-5-6/h7-8H,2-5H2,1H3/t6-/m1/s1/i1D3. The number of hydrogen-bond acceptors (Lipinski definition) is 2. The summed E-state index contributed by atoms with van der Waals surface area (Å²) in [5.74, 6) is 0. The summed E-state index contributed by atoms with van der Waals surface area (Å²) in [6, 6.07) is 0. The van der Waals surface area contributed by atoms with E-state index < -0.39 is 12.5 Å². The monoisotopic (exact) mass is 118 g/mol. The van der Waals surface area contributed by atoms with Crippen molar-refractivity contribution in [2.45, 2.75) is 25.3 Å². The van der Waals surface area contributed by atoms with E-state index in [1.54, 1.807) is 0 Å². The van der Waals surface area contributed by atoms with Gasteiger partial charge < -0.3 is 10.4 Å². The fourth-order valence-electron chi connectivity index (χ4n) is 0.889. The summed E-state index contributed by atoms with van der Waals surface area (Å²) >= 11 is 0. The van der Waals surface area contributed by atoms with Crippen molar-refractivity contribution in [1.29, 1.82) is 0 Å². The Hall–Kier alpha value is -0.0800. The SMILES string of the molecule is [2H]C([2H])([2H])[C@@]1(O)CCCNC1. The zero-order valence-corrected chi connectivity index (χ0v) is 4.78. The molecule has 1 aliphatic heterocycles. The number of piperidine rings is 1. The lowest BCUT2D eigenvalue weighted by atomic mass is 9.97. The predicted octanol–water partition coefficient (Wildman–Crippen LogP) is 0.121. The van der Waals surface area contributed by atoms with Gasteiger partial charge in [-0.25, -0.2) is 0 Å². The van der Waals surface area contributed by atoms with Crippen molar-refractivity contribution in [1.82, 2.24) is 5.32 Å². The number of rotatable bonds is 0. The number of aliphatic hydroxyl groups is 1. The molecule has 0 aromatic heterocycles. The van der Waals surface area contributed by atoms with Crippen molar-refractivity contribution in [3.05, 3.63) is 0 Å². The second kappa shape index (κ2) is 2.03. The Morgan fingerprint density at radius 3 is 3.12 bits per heavy atom. The normalized spacial score (nSPS) is 46.9. The Balaban J connectivity index is 2.64. The summed E-state index contributed by atoms with van der Waals surface area (Å²) in [4.78, 5) is 0. The molecule has 1 heterocycles. The van der Waals surface area contributed by atoms with Crippen LogP contribution in [-0.4, -0.2) is 23.8 Å². The smallest absolute Gasteiger partial charge is 0.0744 e. The van der Waals surface area contributed by atoms with Crippen LogP contribution in [0.1, 0.15) is 23.8 Å². The first-order valence-corrected chi connectivity index (χ1v) is 2.89. The molecule has 2 N–H and O–H groups in total. The Labute approximate surface area is 54.1 Å². The molecule has 0 unspecified atom stereocenters. The van der Waals surface area contributed by atoms with E-state index in [0.29, 0.717) is 6.42 Å². The zero-order valence-electron chi connectivity index (χ0n) is 7.78. The highest BCUT2D eigenvalue weighted by Crippen LogP contribution is 2.13. The van der Waals surface area contributed by atoms with Crippen LogP contribution in [-0.2, 0) is 0 Å². The second-order valence-corrected chi connectivity index (χ2v) is 2.31. The molecule has 1 fully saturated rings. The first-order valence-electron chi connectivity index (χ1n) is 4.39. The van der Waals surface area contributed by atoms with Gasteiger partial charge in [-0.3, -0.25) is 0 Å². The maximum atomic E-state index is 9.58. The Morgan fingerprint density at radius 1 is 1.88 bits per heavy atom. The summed E-state index contributed by atoms with van der Waals surface area (Å²) < 4.78 is 21.2. The summed E-state index contributed by atoms with van der Waals surface area (Å²) in [5, 5.41) is 12.5. The van der Waals surface area contributed by atoms with Gasteiger partial charge in [-0.1, -0.05) is 0 Å². The van der Waals surface area contributed by atoms with Crippen molar-refractivity contribution in [2.24, 2.45) is 0 Å². The molecule has 0 saturated carbocycles. The van der Waals surface area contributed by atoms with Gasteiger partial charge in [0.15, 0.2) is 0 Å². The van der Waals surface area contributed by atoms with E-state index in [2.05, 4.69) is 5.32 Å². The average Bonchev–Trinajstić information content (AvgIpc) is 1.87. The van der Waals surface area contributed by atoms with Gasteiger partial charge in [0.05, 0.1) is 5.60 Å². The van der Waals surface area contributed by atoms with Crippen molar-refractivity contribution < 1.29 is 9.22 Å². The van der Waals surface area contributed by atoms with E-state index in [9.17, 15) is 5.11 Å². The molecule has 0 aliphatic carbocycles. The van der Waals surface area contributed by atoms with E-state index in [1.165, 1.54) is 0 Å². The molecule has 1 saturated heterocycles. The Kier molecular flexibility index (Phi) is 0.809. The minimum Gasteiger partial charge on any atom is -0.389 e. The highest BCUT2D eigenvalue weighted by Gasteiger charge is 2.21. The molecule has 0 radical (unpaired) electrons. The first-order chi connectivity index (χ1) is 4.96. The van der Waals surface area contributed by atoms with E-state index in [4.69, 9.17) is 4.11 Å². The van der Waals surface area contributed by atoms with Gasteiger partial charge in [-0.2, -0.15) is 0 Å². The van der Waals surface area contributed by atoms with Crippen LogP contribution in [0.2, 0.25) is 0 Å². The fourth-order valence-corrected chi connectivity index (χ4v) is 0.889. The molecule has 8 heavy (non-hydrogen) atoms. The van der Waals surface area contributed by atoms with Gasteiger partial charge in [-0.05, 0) is 26.2 Å². The van der Waals surface area contributed by atoms with Crippen LogP contribution >= 0.6 is 0 Å². The minimum atomic E-state index is -2.25. The van der Waals surface area contributed by atoms with Crippen LogP contribution in [0.15, 0.2) is 0 Å². The maximum absolute atomic E-state index is 9.58. The molecule has 48 valence electrons. The first kappa shape index (κ1) is 3.18. The molecule has 1 rings (SSSR count). The molecule has 2 heteroatoms. The van der Waals surface area contributed by atoms with Gasteiger partial charge in [0.2, 0.25) is 0 Å². The Bertz CT molecular complexity index is 139. The lowest BCUT2D eigenvalue weighted by Gasteiger charge is -2.28. The van der Waals surface area contributed by atoms with Gasteiger partial charge in [0.1, 0.15) is 0 Å². The zero-order chi connectivity index (χ0) is 8.54. The van der Waals surface area contributed by atoms with Crippen LogP contribution in [0.4, 0.5) is 0 Å². The van der Waals surface area contributed by atoms with Crippen LogP contribution in [0.25, 0.3) is 0 Å². The highest BCUT2D eigenvalue weighted by molar-refractivity contribution is 4.79. The molecule has 1 aliphatic rings. The summed E-state index contributed by atoms with van der Waals surface area (Å²) in [6.45, 7) is -1.26. The van der Waals surface area contributed by atoms with Crippen molar-refractivity contribution in [3.63, 3.8) is 0 Å². The third kappa shape index (κ3) is 1.46. The highest BCUT2D eigenvalue weighted by atomic mass is 16.3. The molecule has 0 aromatic rings. The van der Waals surface area contributed by atoms with E-state index in [0.717, 1.165) is 13.0 Å². The minimum absolute atomic E-state index is 0.184. The van der Waals surface area contributed by atoms with E-state index >= 15 is 0 Å². The molecule has 1 atom stereocenters. The van der Waals surface area contributed by atoms with E-state index in [-0.39, 0.29) is 6.54 Å². The van der Waals surface area contributed by atoms with Crippen molar-refractivity contribution >= 4 is 0 Å². The topological polar surface area (TPSA) is 32.3 Å². The van der Waals surface area contributed by atoms with Crippen LogP contribution in [0.5, 0.6) is 0 Å². The molecule has 0 amide bonds. The van der Waals surface area contributed by atoms with Crippen LogP contribution in [0, 0.1) is 0 Å². The third-order valence-electron chi connectivity index (χ3n) is 1.36. The summed E-state index contributed by atoms with van der Waals surface area (Å²) in [6.07, 6.45) is 1.10. The quantitative estimate of drug-likeness (QED) is 0.473. The largest absolute Gasteiger partial charge is 0.389 e. The predicted molar refractivity (Wildman–Crippen MR) is 32.7 cm³/mol. The number of hydrogen-bond donors (Lipinski definition) is 2. The van der Waals surface area contributed by atoms with Crippen LogP contribution < -0.4 is 5.32 Å². The Morgan fingerprint density at radius 2 is 2.75 bits per heavy atom. The maximum Gasteiger partial charge on any atom is 0.0744 e. The number of β-amino-alcohol motifs (C(OH)–C–C–N with tert-alkyl or cyclic N) is 1.